The van der Waals surface area contributed by atoms with E-state index in [0.717, 1.165) is 12.0 Å². The number of nitrogens with zero attached hydrogens (tertiary/aromatic N) is 2. The number of aromatic nitrogens is 2. The number of halogens is 2. The van der Waals surface area contributed by atoms with E-state index in [1.165, 1.54) is 23.1 Å². The molecule has 0 atom stereocenters. The van der Waals surface area contributed by atoms with Gasteiger partial charge in [0.1, 0.15) is 5.82 Å². The molecular weight excluding hydrogens is 370 g/mol. The van der Waals surface area contributed by atoms with Gasteiger partial charge in [-0.3, -0.25) is 0 Å². The van der Waals surface area contributed by atoms with Gasteiger partial charge in [0, 0.05) is 12.4 Å². The zero-order chi connectivity index (χ0) is 19.8. The van der Waals surface area contributed by atoms with Gasteiger partial charge in [-0.25, -0.2) is 9.37 Å². The van der Waals surface area contributed by atoms with E-state index >= 15 is 0 Å². The van der Waals surface area contributed by atoms with Gasteiger partial charge in [-0.05, 0) is 18.2 Å². The molecular formula is C23H21BClFN2. The van der Waals surface area contributed by atoms with Crippen molar-refractivity contribution < 1.29 is 4.39 Å². The summed E-state index contributed by atoms with van der Waals surface area (Å²) in [5.41, 5.74) is 3.54. The molecule has 0 aliphatic heterocycles. The molecule has 28 heavy (non-hydrogen) atoms. The smallest absolute Gasteiger partial charge is 0.209 e. The Morgan fingerprint density at radius 1 is 0.929 bits per heavy atom. The minimum atomic E-state index is -0.339. The summed E-state index contributed by atoms with van der Waals surface area (Å²) in [7, 11) is 0. The summed E-state index contributed by atoms with van der Waals surface area (Å²) in [6.45, 7) is 2.78. The molecule has 0 spiro atoms. The third-order valence-electron chi connectivity index (χ3n) is 4.50. The minimum Gasteiger partial charge on any atom is -0.305 e. The van der Waals surface area contributed by atoms with Crippen LogP contribution in [0.4, 0.5) is 4.39 Å². The van der Waals surface area contributed by atoms with Gasteiger partial charge >= 0.3 is 0 Å². The lowest BCUT2D eigenvalue weighted by Gasteiger charge is -2.11. The van der Waals surface area contributed by atoms with Crippen molar-refractivity contribution in [3.05, 3.63) is 108 Å². The van der Waals surface area contributed by atoms with E-state index in [-0.39, 0.29) is 5.82 Å². The summed E-state index contributed by atoms with van der Waals surface area (Å²) in [5, 5.41) is 0.373. The van der Waals surface area contributed by atoms with E-state index in [0.29, 0.717) is 11.7 Å². The number of hydrogen-bond donors (Lipinski definition) is 0. The molecule has 0 radical (unpaired) electrons. The Bertz CT molecular complexity index is 937. The van der Waals surface area contributed by atoms with Crippen molar-refractivity contribution in [2.45, 2.75) is 13.2 Å². The fraction of sp³-hybridized carbons (Fsp3) is 0.0870. The Labute approximate surface area is 170 Å². The molecule has 0 N–H and O–H groups in total. The average Bonchev–Trinajstić information content (AvgIpc) is 3.25. The van der Waals surface area contributed by atoms with Crippen molar-refractivity contribution in [1.82, 2.24) is 9.55 Å². The minimum absolute atomic E-state index is 0.339. The van der Waals surface area contributed by atoms with Crippen LogP contribution < -0.4 is 10.9 Å². The molecule has 0 fully saturated rings. The topological polar surface area (TPSA) is 17.8 Å². The largest absolute Gasteiger partial charge is 0.305 e. The van der Waals surface area contributed by atoms with Gasteiger partial charge < -0.3 is 4.57 Å². The zero-order valence-electron chi connectivity index (χ0n) is 15.7. The van der Waals surface area contributed by atoms with Gasteiger partial charge in [0.15, 0.2) is 0 Å². The Hall–Kier alpha value is -2.85. The van der Waals surface area contributed by atoms with Gasteiger partial charge in [-0.15, -0.1) is 0 Å². The van der Waals surface area contributed by atoms with Gasteiger partial charge in [0.25, 0.3) is 0 Å². The summed E-state index contributed by atoms with van der Waals surface area (Å²) >= 11 is 5.83. The van der Waals surface area contributed by atoms with Gasteiger partial charge in [0.05, 0.1) is 17.0 Å². The van der Waals surface area contributed by atoms with E-state index in [1.807, 2.05) is 0 Å². The van der Waals surface area contributed by atoms with Crippen LogP contribution in [0.15, 0.2) is 97.6 Å². The first kappa shape index (κ1) is 19.9. The molecule has 0 saturated heterocycles. The molecule has 0 unspecified atom stereocenters. The Kier molecular flexibility index (Phi) is 7.04. The van der Waals surface area contributed by atoms with Gasteiger partial charge in [0.2, 0.25) is 6.71 Å². The second-order valence-electron chi connectivity index (χ2n) is 6.35. The fourth-order valence-corrected chi connectivity index (χ4v) is 3.39. The maximum absolute atomic E-state index is 12.7. The number of hydrogen-bond acceptors (Lipinski definition) is 1. The third-order valence-corrected chi connectivity index (χ3v) is 4.81. The van der Waals surface area contributed by atoms with Gasteiger partial charge in [-0.1, -0.05) is 96.4 Å². The predicted molar refractivity (Wildman–Crippen MR) is 117 cm³/mol. The molecule has 3 aromatic carbocycles. The average molecular weight is 391 g/mol. The van der Waals surface area contributed by atoms with Crippen LogP contribution in [0.2, 0.25) is 11.3 Å². The van der Waals surface area contributed by atoms with Crippen LogP contribution in [0.1, 0.15) is 6.92 Å². The maximum Gasteiger partial charge on any atom is 0.209 e. The first-order valence-electron chi connectivity index (χ1n) is 9.22. The maximum atomic E-state index is 12.7. The molecule has 0 aliphatic rings. The summed E-state index contributed by atoms with van der Waals surface area (Å²) in [5.74, 6) is -0.339. The second-order valence-corrected chi connectivity index (χ2v) is 6.76. The summed E-state index contributed by atoms with van der Waals surface area (Å²) in [4.78, 5) is 3.87. The van der Waals surface area contributed by atoms with Crippen molar-refractivity contribution >= 4 is 29.2 Å². The molecule has 140 valence electrons. The van der Waals surface area contributed by atoms with Crippen LogP contribution in [0.25, 0.3) is 5.69 Å². The van der Waals surface area contributed by atoms with E-state index in [1.54, 1.807) is 29.4 Å². The highest BCUT2D eigenvalue weighted by Crippen LogP contribution is 2.20. The normalized spacial score (nSPS) is 10.1. The SMILES string of the molecule is CCB(c1ccccc1)c1ccccc1.Fc1ccc(-n2ccnc2)c(Cl)c1. The standard InChI is InChI=1S/C14H15B.C9H6ClFN2/c1-2-15(13-9-5-3-6-10-13)14-11-7-4-8-12-14;10-8-5-7(11)1-2-9(8)13-4-3-12-6-13/h3-12H,2H2,1H3;1-6H. The van der Waals surface area contributed by atoms with Crippen molar-refractivity contribution in [2.75, 3.05) is 0 Å². The third kappa shape index (κ3) is 5.11. The molecule has 4 aromatic rings. The highest BCUT2D eigenvalue weighted by molar-refractivity contribution is 6.85. The quantitative estimate of drug-likeness (QED) is 0.449. The summed E-state index contributed by atoms with van der Waals surface area (Å²) < 4.78 is 14.4. The Morgan fingerprint density at radius 2 is 1.54 bits per heavy atom. The highest BCUT2D eigenvalue weighted by atomic mass is 35.5. The monoisotopic (exact) mass is 390 g/mol. The highest BCUT2D eigenvalue weighted by Gasteiger charge is 2.15. The number of rotatable bonds is 4. The molecule has 0 aliphatic carbocycles. The van der Waals surface area contributed by atoms with Gasteiger partial charge in [-0.2, -0.15) is 0 Å². The number of benzene rings is 3. The van der Waals surface area contributed by atoms with E-state index in [4.69, 9.17) is 11.6 Å². The van der Waals surface area contributed by atoms with Crippen molar-refractivity contribution in [1.29, 1.82) is 0 Å². The molecule has 2 nitrogen and oxygen atoms in total. The van der Waals surface area contributed by atoms with Crippen LogP contribution in [0, 0.1) is 5.82 Å². The van der Waals surface area contributed by atoms with Crippen LogP contribution in [-0.2, 0) is 0 Å². The van der Waals surface area contributed by atoms with E-state index < -0.39 is 0 Å². The Balaban J connectivity index is 0.000000162. The second kappa shape index (κ2) is 9.91. The van der Waals surface area contributed by atoms with E-state index in [2.05, 4.69) is 72.6 Å². The molecule has 0 bridgehead atoms. The van der Waals surface area contributed by atoms with Crippen LogP contribution in [-0.4, -0.2) is 16.3 Å². The molecule has 4 rings (SSSR count). The number of imidazole rings is 1. The van der Waals surface area contributed by atoms with Crippen molar-refractivity contribution in [2.24, 2.45) is 0 Å². The Morgan fingerprint density at radius 3 is 2.00 bits per heavy atom. The fourth-order valence-electron chi connectivity index (χ4n) is 3.13. The lowest BCUT2D eigenvalue weighted by molar-refractivity contribution is 0.627. The van der Waals surface area contributed by atoms with E-state index in [9.17, 15) is 4.39 Å². The van der Waals surface area contributed by atoms with Crippen molar-refractivity contribution in [3.63, 3.8) is 0 Å². The molecule has 1 heterocycles. The first-order chi connectivity index (χ1) is 13.7. The first-order valence-corrected chi connectivity index (χ1v) is 9.60. The summed E-state index contributed by atoms with van der Waals surface area (Å²) in [6.07, 6.45) is 6.14. The van der Waals surface area contributed by atoms with Crippen molar-refractivity contribution in [3.8, 4) is 5.69 Å². The molecule has 0 amide bonds. The molecule has 5 heteroatoms. The van der Waals surface area contributed by atoms with Crippen LogP contribution in [0.5, 0.6) is 0 Å². The summed E-state index contributed by atoms with van der Waals surface area (Å²) in [6, 6.07) is 25.7. The lowest BCUT2D eigenvalue weighted by atomic mass is 9.39. The van der Waals surface area contributed by atoms with Crippen LogP contribution in [0.3, 0.4) is 0 Å². The van der Waals surface area contributed by atoms with Crippen LogP contribution >= 0.6 is 11.6 Å². The predicted octanol–water partition coefficient (Wildman–Crippen LogP) is 4.98. The lowest BCUT2D eigenvalue weighted by Crippen LogP contribution is -2.41. The zero-order valence-corrected chi connectivity index (χ0v) is 16.4. The molecule has 0 saturated carbocycles. The molecule has 1 aromatic heterocycles.